The van der Waals surface area contributed by atoms with E-state index in [-0.39, 0.29) is 24.1 Å². The van der Waals surface area contributed by atoms with Crippen LogP contribution in [-0.4, -0.2) is 38.7 Å². The fourth-order valence-corrected chi connectivity index (χ4v) is 3.06. The van der Waals surface area contributed by atoms with Crippen molar-refractivity contribution in [3.05, 3.63) is 29.6 Å². The number of likely N-dealkylation sites (tertiary alicyclic amines) is 1. The summed E-state index contributed by atoms with van der Waals surface area (Å²) in [6.45, 7) is 5.66. The smallest absolute Gasteiger partial charge is 0.224 e. The number of ether oxygens (including phenoxy) is 1. The molecule has 1 aliphatic rings. The van der Waals surface area contributed by atoms with Crippen LogP contribution in [0.4, 0.5) is 4.39 Å². The molecule has 0 aromatic heterocycles. The van der Waals surface area contributed by atoms with Gasteiger partial charge in [-0.1, -0.05) is 13.0 Å². The Bertz CT molecular complexity index is 499. The van der Waals surface area contributed by atoms with Gasteiger partial charge in [-0.2, -0.15) is 0 Å². The van der Waals surface area contributed by atoms with Crippen molar-refractivity contribution in [1.29, 1.82) is 0 Å². The van der Waals surface area contributed by atoms with Gasteiger partial charge in [0, 0.05) is 18.9 Å². The molecule has 1 fully saturated rings. The number of quaternary nitrogens is 1. The SMILES string of the molecule is CCC[NH+]1CCC(NC(=O)Cc2ccc(OC)c(F)c2)CC1. The highest BCUT2D eigenvalue weighted by Gasteiger charge is 2.22. The number of piperidine rings is 1. The van der Waals surface area contributed by atoms with Crippen LogP contribution in [0.5, 0.6) is 5.75 Å². The first-order chi connectivity index (χ1) is 10.6. The topological polar surface area (TPSA) is 42.8 Å². The molecule has 0 aliphatic carbocycles. The molecule has 0 radical (unpaired) electrons. The zero-order valence-corrected chi connectivity index (χ0v) is 13.5. The third-order valence-electron chi connectivity index (χ3n) is 4.24. The number of carbonyl (C=O) groups is 1. The fourth-order valence-electron chi connectivity index (χ4n) is 3.06. The highest BCUT2D eigenvalue weighted by Crippen LogP contribution is 2.18. The maximum Gasteiger partial charge on any atom is 0.224 e. The van der Waals surface area contributed by atoms with Crippen molar-refractivity contribution in [2.75, 3.05) is 26.7 Å². The predicted octanol–water partition coefficient (Wildman–Crippen LogP) is 0.950. The summed E-state index contributed by atoms with van der Waals surface area (Å²) in [7, 11) is 1.43. The summed E-state index contributed by atoms with van der Waals surface area (Å²) in [5.41, 5.74) is 0.671. The van der Waals surface area contributed by atoms with Crippen molar-refractivity contribution >= 4 is 5.91 Å². The molecule has 4 nitrogen and oxygen atoms in total. The van der Waals surface area contributed by atoms with Gasteiger partial charge in [0.15, 0.2) is 11.6 Å². The zero-order valence-electron chi connectivity index (χ0n) is 13.5. The van der Waals surface area contributed by atoms with Crippen LogP contribution in [0, 0.1) is 5.82 Å². The van der Waals surface area contributed by atoms with Crippen LogP contribution in [0.1, 0.15) is 31.7 Å². The van der Waals surface area contributed by atoms with Crippen LogP contribution in [0.2, 0.25) is 0 Å². The van der Waals surface area contributed by atoms with E-state index in [4.69, 9.17) is 4.74 Å². The molecule has 0 atom stereocenters. The standard InChI is InChI=1S/C17H25FN2O2/c1-3-8-20-9-6-14(7-10-20)19-17(21)12-13-4-5-16(22-2)15(18)11-13/h4-5,11,14H,3,6-10,12H2,1-2H3,(H,19,21)/p+1. The van der Waals surface area contributed by atoms with Gasteiger partial charge in [0.2, 0.25) is 5.91 Å². The monoisotopic (exact) mass is 309 g/mol. The molecule has 1 aromatic rings. The average molecular weight is 309 g/mol. The van der Waals surface area contributed by atoms with E-state index in [2.05, 4.69) is 12.2 Å². The summed E-state index contributed by atoms with van der Waals surface area (Å²) in [6, 6.07) is 4.92. The predicted molar refractivity (Wildman–Crippen MR) is 83.7 cm³/mol. The van der Waals surface area contributed by atoms with Gasteiger partial charge < -0.3 is 15.0 Å². The normalized spacial score (nSPS) is 21.4. The fraction of sp³-hybridized carbons (Fsp3) is 0.588. The number of benzene rings is 1. The first-order valence-corrected chi connectivity index (χ1v) is 8.07. The minimum absolute atomic E-state index is 0.0338. The van der Waals surface area contributed by atoms with Gasteiger partial charge in [-0.05, 0) is 24.1 Å². The minimum atomic E-state index is -0.427. The summed E-state index contributed by atoms with van der Waals surface area (Å²) in [4.78, 5) is 13.7. The van der Waals surface area contributed by atoms with E-state index < -0.39 is 5.82 Å². The Hall–Kier alpha value is -1.62. The summed E-state index contributed by atoms with van der Waals surface area (Å²) in [6.07, 6.45) is 3.47. The van der Waals surface area contributed by atoms with Crippen LogP contribution in [0.3, 0.4) is 0 Å². The van der Waals surface area contributed by atoms with Gasteiger partial charge in [0.05, 0.1) is 33.2 Å². The zero-order chi connectivity index (χ0) is 15.9. The van der Waals surface area contributed by atoms with E-state index in [1.54, 1.807) is 17.0 Å². The molecule has 122 valence electrons. The average Bonchev–Trinajstić information content (AvgIpc) is 2.50. The van der Waals surface area contributed by atoms with Crippen molar-refractivity contribution in [1.82, 2.24) is 5.32 Å². The van der Waals surface area contributed by atoms with Gasteiger partial charge >= 0.3 is 0 Å². The number of nitrogens with one attached hydrogen (secondary N) is 2. The van der Waals surface area contributed by atoms with Gasteiger partial charge in [-0.25, -0.2) is 4.39 Å². The molecule has 0 bridgehead atoms. The molecule has 5 heteroatoms. The second-order valence-corrected chi connectivity index (χ2v) is 5.99. The van der Waals surface area contributed by atoms with Crippen molar-refractivity contribution in [3.8, 4) is 5.75 Å². The summed E-state index contributed by atoms with van der Waals surface area (Å²) in [5, 5.41) is 3.07. The quantitative estimate of drug-likeness (QED) is 0.822. The van der Waals surface area contributed by atoms with E-state index in [0.717, 1.165) is 25.9 Å². The van der Waals surface area contributed by atoms with Crippen LogP contribution in [0.25, 0.3) is 0 Å². The lowest BCUT2D eigenvalue weighted by molar-refractivity contribution is -0.905. The summed E-state index contributed by atoms with van der Waals surface area (Å²) < 4.78 is 18.5. The Morgan fingerprint density at radius 2 is 2.14 bits per heavy atom. The summed E-state index contributed by atoms with van der Waals surface area (Å²) in [5.74, 6) is -0.256. The van der Waals surface area contributed by atoms with Crippen molar-refractivity contribution in [2.45, 2.75) is 38.6 Å². The molecule has 1 saturated heterocycles. The molecule has 1 amide bonds. The summed E-state index contributed by atoms with van der Waals surface area (Å²) >= 11 is 0. The van der Waals surface area contributed by atoms with Gasteiger partial charge in [0.1, 0.15) is 0 Å². The molecule has 22 heavy (non-hydrogen) atoms. The highest BCUT2D eigenvalue weighted by molar-refractivity contribution is 5.78. The molecule has 0 saturated carbocycles. The lowest BCUT2D eigenvalue weighted by atomic mass is 10.0. The van der Waals surface area contributed by atoms with Crippen molar-refractivity contribution in [3.63, 3.8) is 0 Å². The maximum absolute atomic E-state index is 13.6. The van der Waals surface area contributed by atoms with Crippen molar-refractivity contribution in [2.24, 2.45) is 0 Å². The molecule has 1 heterocycles. The lowest BCUT2D eigenvalue weighted by Crippen LogP contribution is -3.13. The molecular formula is C17H26FN2O2+. The van der Waals surface area contributed by atoms with E-state index >= 15 is 0 Å². The largest absolute Gasteiger partial charge is 0.494 e. The Morgan fingerprint density at radius 3 is 2.73 bits per heavy atom. The van der Waals surface area contributed by atoms with Gasteiger partial charge in [0.25, 0.3) is 0 Å². The van der Waals surface area contributed by atoms with E-state index in [1.807, 2.05) is 0 Å². The number of hydrogen-bond donors (Lipinski definition) is 2. The van der Waals surface area contributed by atoms with Crippen LogP contribution >= 0.6 is 0 Å². The number of hydrogen-bond acceptors (Lipinski definition) is 2. The minimum Gasteiger partial charge on any atom is -0.494 e. The van der Waals surface area contributed by atoms with Crippen LogP contribution < -0.4 is 15.0 Å². The molecule has 2 rings (SSSR count). The van der Waals surface area contributed by atoms with E-state index in [9.17, 15) is 9.18 Å². The molecule has 2 N–H and O–H groups in total. The third kappa shape index (κ3) is 4.70. The number of methoxy groups -OCH3 is 1. The first kappa shape index (κ1) is 16.7. The Balaban J connectivity index is 1.80. The Labute approximate surface area is 131 Å². The van der Waals surface area contributed by atoms with E-state index in [1.165, 1.54) is 26.1 Å². The van der Waals surface area contributed by atoms with Gasteiger partial charge in [-0.15, -0.1) is 0 Å². The second-order valence-electron chi connectivity index (χ2n) is 5.99. The Morgan fingerprint density at radius 1 is 1.41 bits per heavy atom. The molecule has 0 unspecified atom stereocenters. The first-order valence-electron chi connectivity index (χ1n) is 8.07. The number of halogens is 1. The van der Waals surface area contributed by atoms with E-state index in [0.29, 0.717) is 5.56 Å². The highest BCUT2D eigenvalue weighted by atomic mass is 19.1. The molecule has 0 spiro atoms. The maximum atomic E-state index is 13.6. The third-order valence-corrected chi connectivity index (χ3v) is 4.24. The lowest BCUT2D eigenvalue weighted by Gasteiger charge is -2.29. The molecule has 1 aliphatic heterocycles. The van der Waals surface area contributed by atoms with Crippen LogP contribution in [0.15, 0.2) is 18.2 Å². The Kier molecular flexibility index (Phi) is 6.19. The van der Waals surface area contributed by atoms with Gasteiger partial charge in [-0.3, -0.25) is 4.79 Å². The van der Waals surface area contributed by atoms with Crippen molar-refractivity contribution < 1.29 is 18.8 Å². The molecular weight excluding hydrogens is 283 g/mol. The second kappa shape index (κ2) is 8.13. The number of rotatable bonds is 6. The number of carbonyl (C=O) groups excluding carboxylic acids is 1. The molecule has 1 aromatic carbocycles. The number of amides is 1. The van der Waals surface area contributed by atoms with Crippen LogP contribution in [-0.2, 0) is 11.2 Å².